The molecule has 0 aliphatic heterocycles. The predicted octanol–water partition coefficient (Wildman–Crippen LogP) is 5.22. The molecule has 5 heteroatoms. The second-order valence-electron chi connectivity index (χ2n) is 7.27. The molecule has 0 radical (unpaired) electrons. The van der Waals surface area contributed by atoms with Crippen LogP contribution in [0.2, 0.25) is 5.02 Å². The van der Waals surface area contributed by atoms with Crippen molar-refractivity contribution >= 4 is 17.5 Å². The lowest BCUT2D eigenvalue weighted by atomic mass is 10.1. The number of aryl methyl sites for hydroxylation is 1. The van der Waals surface area contributed by atoms with Crippen LogP contribution in [-0.4, -0.2) is 23.9 Å². The third kappa shape index (κ3) is 6.09. The average Bonchev–Trinajstić information content (AvgIpc) is 2.77. The number of rotatable bonds is 9. The molecule has 0 unspecified atom stereocenters. The minimum Gasteiger partial charge on any atom is -0.488 e. The Balaban J connectivity index is 1.77. The summed E-state index contributed by atoms with van der Waals surface area (Å²) in [7, 11) is 0. The highest BCUT2D eigenvalue weighted by atomic mass is 35.5. The molecule has 4 nitrogen and oxygen atoms in total. The lowest BCUT2D eigenvalue weighted by Crippen LogP contribution is -2.32. The zero-order valence-corrected chi connectivity index (χ0v) is 17.9. The van der Waals surface area contributed by atoms with Gasteiger partial charge in [-0.3, -0.25) is 4.79 Å². The summed E-state index contributed by atoms with van der Waals surface area (Å²) in [5.74, 6) is 0.509. The Morgan fingerprint density at radius 2 is 1.63 bits per heavy atom. The van der Waals surface area contributed by atoms with Crippen molar-refractivity contribution in [1.29, 1.82) is 0 Å². The summed E-state index contributed by atoms with van der Waals surface area (Å²) in [4.78, 5) is 15.2. The molecule has 3 aromatic carbocycles. The molecule has 0 atom stereocenters. The lowest BCUT2D eigenvalue weighted by Gasteiger charge is -2.24. The minimum absolute atomic E-state index is 0.0714. The maximum atomic E-state index is 13.4. The second kappa shape index (κ2) is 10.8. The number of benzene rings is 3. The molecule has 3 aromatic rings. The zero-order chi connectivity index (χ0) is 21.3. The Labute approximate surface area is 183 Å². The van der Waals surface area contributed by atoms with Crippen molar-refractivity contribution in [3.63, 3.8) is 0 Å². The molecule has 0 spiro atoms. The van der Waals surface area contributed by atoms with Crippen LogP contribution in [0, 0.1) is 6.92 Å². The van der Waals surface area contributed by atoms with Gasteiger partial charge in [0, 0.05) is 18.1 Å². The summed E-state index contributed by atoms with van der Waals surface area (Å²) in [6.45, 7) is 4.04. The molecule has 0 heterocycles. The maximum absolute atomic E-state index is 13.4. The van der Waals surface area contributed by atoms with Gasteiger partial charge in [-0.25, -0.2) is 0 Å². The van der Waals surface area contributed by atoms with E-state index in [9.17, 15) is 4.79 Å². The second-order valence-corrected chi connectivity index (χ2v) is 7.70. The Kier molecular flexibility index (Phi) is 7.89. The molecular formula is C25H27ClN2O2. The molecule has 3 rings (SSSR count). The highest BCUT2D eigenvalue weighted by Gasteiger charge is 2.20. The van der Waals surface area contributed by atoms with Gasteiger partial charge in [-0.15, -0.1) is 0 Å². The zero-order valence-electron chi connectivity index (χ0n) is 17.2. The van der Waals surface area contributed by atoms with Gasteiger partial charge in [0.2, 0.25) is 0 Å². The molecule has 2 N–H and O–H groups in total. The van der Waals surface area contributed by atoms with E-state index in [1.54, 1.807) is 0 Å². The maximum Gasteiger partial charge on any atom is 0.257 e. The summed E-state index contributed by atoms with van der Waals surface area (Å²) < 4.78 is 6.02. The molecule has 1 amide bonds. The number of carbonyl (C=O) groups excluding carboxylic acids is 1. The number of ether oxygens (including phenoxy) is 1. The molecule has 30 heavy (non-hydrogen) atoms. The first-order valence-corrected chi connectivity index (χ1v) is 10.5. The fourth-order valence-corrected chi connectivity index (χ4v) is 3.26. The SMILES string of the molecule is Cc1ccc(COc2ccccc2C(=O)N(CCCN)Cc2ccc(Cl)cc2)cc1. The van der Waals surface area contributed by atoms with Crippen LogP contribution in [0.5, 0.6) is 5.75 Å². The van der Waals surface area contributed by atoms with E-state index in [0.717, 1.165) is 17.5 Å². The number of hydrogen-bond donors (Lipinski definition) is 1. The van der Waals surface area contributed by atoms with E-state index in [1.165, 1.54) is 5.56 Å². The molecule has 0 fully saturated rings. The van der Waals surface area contributed by atoms with E-state index in [0.29, 0.717) is 42.6 Å². The van der Waals surface area contributed by atoms with E-state index in [4.69, 9.17) is 22.1 Å². The summed E-state index contributed by atoms with van der Waals surface area (Å²) >= 11 is 5.99. The fraction of sp³-hybridized carbons (Fsp3) is 0.240. The number of para-hydroxylation sites is 1. The van der Waals surface area contributed by atoms with Gasteiger partial charge < -0.3 is 15.4 Å². The number of halogens is 1. The third-order valence-electron chi connectivity index (χ3n) is 4.84. The van der Waals surface area contributed by atoms with Crippen molar-refractivity contribution in [2.24, 2.45) is 5.73 Å². The van der Waals surface area contributed by atoms with Crippen molar-refractivity contribution in [2.75, 3.05) is 13.1 Å². The van der Waals surface area contributed by atoms with Gasteiger partial charge in [0.05, 0.1) is 5.56 Å². The van der Waals surface area contributed by atoms with Crippen LogP contribution >= 0.6 is 11.6 Å². The Hall–Kier alpha value is -2.82. The van der Waals surface area contributed by atoms with Crippen molar-refractivity contribution in [3.8, 4) is 5.75 Å². The number of hydrogen-bond acceptors (Lipinski definition) is 3. The number of amides is 1. The minimum atomic E-state index is -0.0714. The van der Waals surface area contributed by atoms with Crippen molar-refractivity contribution < 1.29 is 9.53 Å². The van der Waals surface area contributed by atoms with Crippen LogP contribution in [0.25, 0.3) is 0 Å². The highest BCUT2D eigenvalue weighted by molar-refractivity contribution is 6.30. The lowest BCUT2D eigenvalue weighted by molar-refractivity contribution is 0.0737. The summed E-state index contributed by atoms with van der Waals surface area (Å²) in [5.41, 5.74) is 9.53. The van der Waals surface area contributed by atoms with Gasteiger partial charge in [-0.05, 0) is 55.3 Å². The first-order chi connectivity index (χ1) is 14.6. The normalized spacial score (nSPS) is 10.6. The van der Waals surface area contributed by atoms with E-state index in [1.807, 2.05) is 65.6 Å². The van der Waals surface area contributed by atoms with Crippen LogP contribution < -0.4 is 10.5 Å². The standard InChI is InChI=1S/C25H27ClN2O2/c1-19-7-9-21(10-8-19)18-30-24-6-3-2-5-23(24)25(29)28(16-4-15-27)17-20-11-13-22(26)14-12-20/h2-3,5-14H,4,15-18,27H2,1H3. The first kappa shape index (κ1) is 21.9. The van der Waals surface area contributed by atoms with Gasteiger partial charge in [0.15, 0.2) is 0 Å². The van der Waals surface area contributed by atoms with E-state index in [-0.39, 0.29) is 5.91 Å². The number of carbonyl (C=O) groups is 1. The predicted molar refractivity (Wildman–Crippen MR) is 122 cm³/mol. The topological polar surface area (TPSA) is 55.6 Å². The number of nitrogens with zero attached hydrogens (tertiary/aromatic N) is 1. The Morgan fingerprint density at radius 1 is 0.967 bits per heavy atom. The molecule has 0 aliphatic rings. The van der Waals surface area contributed by atoms with Gasteiger partial charge in [-0.1, -0.05) is 65.7 Å². The van der Waals surface area contributed by atoms with Crippen LogP contribution in [0.15, 0.2) is 72.8 Å². The largest absolute Gasteiger partial charge is 0.488 e. The molecule has 0 aromatic heterocycles. The van der Waals surface area contributed by atoms with Crippen LogP contribution in [0.4, 0.5) is 0 Å². The monoisotopic (exact) mass is 422 g/mol. The molecule has 0 saturated carbocycles. The van der Waals surface area contributed by atoms with E-state index in [2.05, 4.69) is 19.1 Å². The quantitative estimate of drug-likeness (QED) is 0.514. The Bertz CT molecular complexity index is 956. The Morgan fingerprint density at radius 3 is 2.33 bits per heavy atom. The molecule has 0 bridgehead atoms. The van der Waals surface area contributed by atoms with Gasteiger partial charge >= 0.3 is 0 Å². The number of nitrogens with two attached hydrogens (primary N) is 1. The molecular weight excluding hydrogens is 396 g/mol. The summed E-state index contributed by atoms with van der Waals surface area (Å²) in [6, 6.07) is 23.1. The van der Waals surface area contributed by atoms with Gasteiger partial charge in [0.25, 0.3) is 5.91 Å². The van der Waals surface area contributed by atoms with E-state index < -0.39 is 0 Å². The molecule has 156 valence electrons. The summed E-state index contributed by atoms with van der Waals surface area (Å²) in [6.07, 6.45) is 0.728. The van der Waals surface area contributed by atoms with Crippen molar-refractivity contribution in [2.45, 2.75) is 26.5 Å². The average molecular weight is 423 g/mol. The molecule has 0 aliphatic carbocycles. The first-order valence-electron chi connectivity index (χ1n) is 10.1. The van der Waals surface area contributed by atoms with Crippen molar-refractivity contribution in [3.05, 3.63) is 100 Å². The van der Waals surface area contributed by atoms with Crippen LogP contribution in [0.1, 0.15) is 33.5 Å². The molecule has 0 saturated heterocycles. The van der Waals surface area contributed by atoms with Crippen LogP contribution in [-0.2, 0) is 13.2 Å². The highest BCUT2D eigenvalue weighted by Crippen LogP contribution is 2.23. The summed E-state index contributed by atoms with van der Waals surface area (Å²) in [5, 5.41) is 0.674. The van der Waals surface area contributed by atoms with Crippen LogP contribution in [0.3, 0.4) is 0 Å². The van der Waals surface area contributed by atoms with Gasteiger partial charge in [-0.2, -0.15) is 0 Å². The van der Waals surface area contributed by atoms with Gasteiger partial charge in [0.1, 0.15) is 12.4 Å². The van der Waals surface area contributed by atoms with E-state index >= 15 is 0 Å². The smallest absolute Gasteiger partial charge is 0.257 e. The fourth-order valence-electron chi connectivity index (χ4n) is 3.13. The van der Waals surface area contributed by atoms with Crippen molar-refractivity contribution in [1.82, 2.24) is 4.90 Å². The third-order valence-corrected chi connectivity index (χ3v) is 5.09.